The summed E-state index contributed by atoms with van der Waals surface area (Å²) in [5.41, 5.74) is 1.82. The number of benzene rings is 2. The molecule has 0 saturated carbocycles. The summed E-state index contributed by atoms with van der Waals surface area (Å²) in [4.78, 5) is 7.12. The van der Waals surface area contributed by atoms with Crippen molar-refractivity contribution in [2.24, 2.45) is 0 Å². The number of nitriles is 1. The minimum Gasteiger partial charge on any atom is -0.323 e. The summed E-state index contributed by atoms with van der Waals surface area (Å²) in [6, 6.07) is 14.8. The van der Waals surface area contributed by atoms with Crippen LogP contribution in [0.2, 0.25) is 0 Å². The second-order valence-corrected chi connectivity index (χ2v) is 6.03. The maximum absolute atomic E-state index is 12.2. The predicted molar refractivity (Wildman–Crippen MR) is 78.1 cm³/mol. The Bertz CT molecular complexity index is 904. The van der Waals surface area contributed by atoms with Gasteiger partial charge in [-0.05, 0) is 36.4 Å². The van der Waals surface area contributed by atoms with Crippen LogP contribution in [0.5, 0.6) is 0 Å². The van der Waals surface area contributed by atoms with Gasteiger partial charge < -0.3 is 4.98 Å². The quantitative estimate of drug-likeness (QED) is 0.774. The van der Waals surface area contributed by atoms with Crippen LogP contribution < -0.4 is 4.72 Å². The van der Waals surface area contributed by atoms with Gasteiger partial charge in [0, 0.05) is 0 Å². The van der Waals surface area contributed by atoms with Crippen molar-refractivity contribution in [3.63, 3.8) is 0 Å². The van der Waals surface area contributed by atoms with Gasteiger partial charge in [0.05, 0.1) is 27.6 Å². The first kappa shape index (κ1) is 13.1. The summed E-state index contributed by atoms with van der Waals surface area (Å²) in [7, 11) is -3.74. The fourth-order valence-electron chi connectivity index (χ4n) is 1.90. The largest absolute Gasteiger partial charge is 0.323 e. The van der Waals surface area contributed by atoms with Gasteiger partial charge in [0.2, 0.25) is 5.95 Å². The highest BCUT2D eigenvalue weighted by Crippen LogP contribution is 2.17. The van der Waals surface area contributed by atoms with E-state index in [9.17, 15) is 8.42 Å². The van der Waals surface area contributed by atoms with Gasteiger partial charge in [-0.3, -0.25) is 0 Å². The summed E-state index contributed by atoms with van der Waals surface area (Å²) in [6.07, 6.45) is 0. The first-order chi connectivity index (χ1) is 10.1. The second-order valence-electron chi connectivity index (χ2n) is 4.34. The van der Waals surface area contributed by atoms with E-state index >= 15 is 0 Å². The molecule has 21 heavy (non-hydrogen) atoms. The Morgan fingerprint density at radius 3 is 2.48 bits per heavy atom. The van der Waals surface area contributed by atoms with Gasteiger partial charge in [-0.25, -0.2) is 18.1 Å². The third kappa shape index (κ3) is 2.57. The van der Waals surface area contributed by atoms with Crippen molar-refractivity contribution in [3.05, 3.63) is 54.1 Å². The molecule has 0 spiro atoms. The molecule has 6 nitrogen and oxygen atoms in total. The highest BCUT2D eigenvalue weighted by Gasteiger charge is 2.16. The SMILES string of the molecule is N#Cc1ccc(S(=O)(=O)Nc2nc3ccccc3[nH]2)cc1. The van der Waals surface area contributed by atoms with Crippen molar-refractivity contribution in [2.45, 2.75) is 4.90 Å². The molecule has 0 unspecified atom stereocenters. The number of fused-ring (bicyclic) bond motifs is 1. The van der Waals surface area contributed by atoms with E-state index in [1.807, 2.05) is 24.3 Å². The Morgan fingerprint density at radius 2 is 1.81 bits per heavy atom. The zero-order chi connectivity index (χ0) is 14.9. The fraction of sp³-hybridized carbons (Fsp3) is 0. The summed E-state index contributed by atoms with van der Waals surface area (Å²) in [5, 5.41) is 8.72. The number of anilines is 1. The zero-order valence-electron chi connectivity index (χ0n) is 10.7. The van der Waals surface area contributed by atoms with Crippen LogP contribution in [0.15, 0.2) is 53.4 Å². The molecule has 3 rings (SSSR count). The van der Waals surface area contributed by atoms with Crippen molar-refractivity contribution in [1.29, 1.82) is 5.26 Å². The van der Waals surface area contributed by atoms with Crippen molar-refractivity contribution in [3.8, 4) is 6.07 Å². The molecular weight excluding hydrogens is 288 g/mol. The molecule has 1 heterocycles. The number of aromatic amines is 1. The second kappa shape index (κ2) is 4.92. The topological polar surface area (TPSA) is 98.6 Å². The third-order valence-electron chi connectivity index (χ3n) is 2.91. The number of H-pyrrole nitrogens is 1. The van der Waals surface area contributed by atoms with Crippen LogP contribution in [0.3, 0.4) is 0 Å². The van der Waals surface area contributed by atoms with Gasteiger partial charge in [-0.2, -0.15) is 5.26 Å². The van der Waals surface area contributed by atoms with Crippen molar-refractivity contribution >= 4 is 27.0 Å². The molecule has 2 aromatic carbocycles. The molecule has 0 aliphatic rings. The zero-order valence-corrected chi connectivity index (χ0v) is 11.6. The molecule has 0 aliphatic heterocycles. The molecule has 0 fully saturated rings. The van der Waals surface area contributed by atoms with Crippen LogP contribution in [-0.2, 0) is 10.0 Å². The standard InChI is InChI=1S/C14H10N4O2S/c15-9-10-5-7-11(8-6-10)21(19,20)18-14-16-12-3-1-2-4-13(12)17-14/h1-8H,(H2,16,17,18). The Hall–Kier alpha value is -2.85. The minimum atomic E-state index is -3.74. The maximum Gasteiger partial charge on any atom is 0.264 e. The van der Waals surface area contributed by atoms with Gasteiger partial charge in [0.1, 0.15) is 0 Å². The summed E-state index contributed by atoms with van der Waals surface area (Å²) >= 11 is 0. The van der Waals surface area contributed by atoms with E-state index in [0.717, 1.165) is 5.52 Å². The number of hydrogen-bond acceptors (Lipinski definition) is 4. The lowest BCUT2D eigenvalue weighted by Gasteiger charge is -2.04. The van der Waals surface area contributed by atoms with E-state index in [0.29, 0.717) is 11.1 Å². The lowest BCUT2D eigenvalue weighted by Crippen LogP contribution is -2.13. The Balaban J connectivity index is 1.93. The monoisotopic (exact) mass is 298 g/mol. The molecule has 1 aromatic heterocycles. The number of sulfonamides is 1. The number of imidazole rings is 1. The summed E-state index contributed by atoms with van der Waals surface area (Å²) in [6.45, 7) is 0. The lowest BCUT2D eigenvalue weighted by molar-refractivity contribution is 0.601. The first-order valence-corrected chi connectivity index (χ1v) is 7.54. The molecule has 0 aliphatic carbocycles. The van der Waals surface area contributed by atoms with Gasteiger partial charge in [0.15, 0.2) is 0 Å². The van der Waals surface area contributed by atoms with Crippen LogP contribution in [-0.4, -0.2) is 18.4 Å². The van der Waals surface area contributed by atoms with Crippen LogP contribution in [0.4, 0.5) is 5.95 Å². The Labute approximate surface area is 121 Å². The van der Waals surface area contributed by atoms with Gasteiger partial charge in [0.25, 0.3) is 10.0 Å². The van der Waals surface area contributed by atoms with Crippen molar-refractivity contribution in [2.75, 3.05) is 4.72 Å². The summed E-state index contributed by atoms with van der Waals surface area (Å²) in [5.74, 6) is 0.153. The average Bonchev–Trinajstić information content (AvgIpc) is 2.88. The fourth-order valence-corrected chi connectivity index (χ4v) is 2.86. The number of rotatable bonds is 3. The number of nitrogens with one attached hydrogen (secondary N) is 2. The van der Waals surface area contributed by atoms with Gasteiger partial charge in [-0.15, -0.1) is 0 Å². The Kier molecular flexibility index (Phi) is 3.08. The molecule has 3 aromatic rings. The molecule has 104 valence electrons. The van der Waals surface area contributed by atoms with E-state index in [1.165, 1.54) is 24.3 Å². The molecule has 7 heteroatoms. The maximum atomic E-state index is 12.2. The highest BCUT2D eigenvalue weighted by atomic mass is 32.2. The molecule has 0 bridgehead atoms. The van der Waals surface area contributed by atoms with E-state index in [1.54, 1.807) is 6.07 Å². The summed E-state index contributed by atoms with van der Waals surface area (Å²) < 4.78 is 26.8. The number of aromatic nitrogens is 2. The van der Waals surface area contributed by atoms with Crippen LogP contribution in [0.25, 0.3) is 11.0 Å². The van der Waals surface area contributed by atoms with Crippen molar-refractivity contribution in [1.82, 2.24) is 9.97 Å². The molecule has 2 N–H and O–H groups in total. The average molecular weight is 298 g/mol. The molecule has 0 amide bonds. The highest BCUT2D eigenvalue weighted by molar-refractivity contribution is 7.92. The molecule has 0 atom stereocenters. The minimum absolute atomic E-state index is 0.0713. The van der Waals surface area contributed by atoms with Crippen LogP contribution in [0, 0.1) is 11.3 Å². The lowest BCUT2D eigenvalue weighted by atomic mass is 10.2. The molecular formula is C14H10N4O2S. The van der Waals surface area contributed by atoms with E-state index in [-0.39, 0.29) is 10.8 Å². The third-order valence-corrected chi connectivity index (χ3v) is 4.27. The van der Waals surface area contributed by atoms with E-state index < -0.39 is 10.0 Å². The normalized spacial score (nSPS) is 11.2. The van der Waals surface area contributed by atoms with Gasteiger partial charge in [-0.1, -0.05) is 12.1 Å². The van der Waals surface area contributed by atoms with Crippen LogP contribution in [0.1, 0.15) is 5.56 Å². The molecule has 0 radical (unpaired) electrons. The predicted octanol–water partition coefficient (Wildman–Crippen LogP) is 2.24. The van der Waals surface area contributed by atoms with Gasteiger partial charge >= 0.3 is 0 Å². The number of nitrogens with zero attached hydrogens (tertiary/aromatic N) is 2. The Morgan fingerprint density at radius 1 is 1.10 bits per heavy atom. The van der Waals surface area contributed by atoms with Crippen molar-refractivity contribution < 1.29 is 8.42 Å². The molecule has 0 saturated heterocycles. The van der Waals surface area contributed by atoms with E-state index in [2.05, 4.69) is 14.7 Å². The smallest absolute Gasteiger partial charge is 0.264 e. The van der Waals surface area contributed by atoms with Crippen LogP contribution >= 0.6 is 0 Å². The van der Waals surface area contributed by atoms with E-state index in [4.69, 9.17) is 5.26 Å². The number of para-hydroxylation sites is 2. The first-order valence-electron chi connectivity index (χ1n) is 6.06. The number of hydrogen-bond donors (Lipinski definition) is 2.